The molecule has 100 valence electrons. The Kier molecular flexibility index (Phi) is 5.48. The van der Waals surface area contributed by atoms with Gasteiger partial charge in [-0.2, -0.15) is 0 Å². The van der Waals surface area contributed by atoms with Gasteiger partial charge in [0.1, 0.15) is 0 Å². The van der Waals surface area contributed by atoms with Crippen molar-refractivity contribution >= 4 is 29.1 Å². The molecule has 0 saturated carbocycles. The summed E-state index contributed by atoms with van der Waals surface area (Å²) >= 11 is 11.8. The van der Waals surface area contributed by atoms with Crippen molar-refractivity contribution in [2.45, 2.75) is 46.2 Å². The molecule has 0 saturated heterocycles. The highest BCUT2D eigenvalue weighted by atomic mass is 35.5. The zero-order chi connectivity index (χ0) is 13.9. The zero-order valence-electron chi connectivity index (χ0n) is 11.2. The molecule has 0 fully saturated rings. The molecule has 2 nitrogen and oxygen atoms in total. The maximum Gasteiger partial charge on any atom is 0.254 e. The largest absolute Gasteiger partial charge is 0.334 e. The number of hydrogen-bond acceptors (Lipinski definition) is 1. The molecule has 0 aliphatic rings. The minimum atomic E-state index is -0.00193. The molecule has 0 spiro atoms. The fourth-order valence-corrected chi connectivity index (χ4v) is 2.22. The number of halogens is 2. The lowest BCUT2D eigenvalue weighted by Crippen LogP contribution is -2.43. The van der Waals surface area contributed by atoms with Gasteiger partial charge >= 0.3 is 0 Å². The number of rotatable bonds is 4. The van der Waals surface area contributed by atoms with Crippen LogP contribution in [0.2, 0.25) is 10.0 Å². The van der Waals surface area contributed by atoms with Crippen LogP contribution in [0, 0.1) is 0 Å². The molecule has 4 heteroatoms. The van der Waals surface area contributed by atoms with Gasteiger partial charge in [-0.15, -0.1) is 0 Å². The van der Waals surface area contributed by atoms with Gasteiger partial charge in [-0.3, -0.25) is 4.79 Å². The number of carbonyl (C=O) groups excluding carboxylic acids is 1. The van der Waals surface area contributed by atoms with Crippen LogP contribution in [0.25, 0.3) is 0 Å². The molecule has 18 heavy (non-hydrogen) atoms. The highest BCUT2D eigenvalue weighted by Gasteiger charge is 2.23. The fraction of sp³-hybridized carbons (Fsp3) is 0.500. The zero-order valence-corrected chi connectivity index (χ0v) is 12.7. The summed E-state index contributed by atoms with van der Waals surface area (Å²) in [5.74, 6) is -0.00193. The Hall–Kier alpha value is -0.730. The van der Waals surface area contributed by atoms with Gasteiger partial charge in [-0.1, -0.05) is 30.1 Å². The van der Waals surface area contributed by atoms with E-state index in [-0.39, 0.29) is 18.0 Å². The third-order valence-corrected chi connectivity index (χ3v) is 3.76. The third-order valence-electron chi connectivity index (χ3n) is 3.02. The fourth-order valence-electron chi connectivity index (χ4n) is 1.92. The molecule has 0 N–H and O–H groups in total. The van der Waals surface area contributed by atoms with Gasteiger partial charge in [-0.25, -0.2) is 0 Å². The van der Waals surface area contributed by atoms with E-state index in [1.807, 2.05) is 18.7 Å². The monoisotopic (exact) mass is 287 g/mol. The standard InChI is InChI=1S/C14H19Cl2NO/c1-5-10(4)17(9(2)3)14(18)11-6-7-12(15)13(16)8-11/h6-10H,5H2,1-4H3. The van der Waals surface area contributed by atoms with Crippen LogP contribution in [0.15, 0.2) is 18.2 Å². The maximum atomic E-state index is 12.5. The third kappa shape index (κ3) is 3.39. The minimum absolute atomic E-state index is 0.00193. The molecule has 0 radical (unpaired) electrons. The van der Waals surface area contributed by atoms with Crippen molar-refractivity contribution in [1.29, 1.82) is 0 Å². The summed E-state index contributed by atoms with van der Waals surface area (Å²) in [5.41, 5.74) is 0.582. The molecular weight excluding hydrogens is 269 g/mol. The molecule has 1 aromatic rings. The first kappa shape index (κ1) is 15.3. The Bertz CT molecular complexity index is 432. The number of benzene rings is 1. The van der Waals surface area contributed by atoms with E-state index in [0.29, 0.717) is 15.6 Å². The highest BCUT2D eigenvalue weighted by molar-refractivity contribution is 6.42. The first-order chi connectivity index (χ1) is 8.38. The SMILES string of the molecule is CCC(C)N(C(=O)c1ccc(Cl)c(Cl)c1)C(C)C. The van der Waals surface area contributed by atoms with Crippen LogP contribution in [-0.4, -0.2) is 22.9 Å². The molecule has 1 aromatic carbocycles. The van der Waals surface area contributed by atoms with Gasteiger partial charge < -0.3 is 4.90 Å². The van der Waals surface area contributed by atoms with E-state index in [2.05, 4.69) is 13.8 Å². The highest BCUT2D eigenvalue weighted by Crippen LogP contribution is 2.24. The second-order valence-electron chi connectivity index (χ2n) is 4.69. The van der Waals surface area contributed by atoms with Crippen molar-refractivity contribution < 1.29 is 4.79 Å². The lowest BCUT2D eigenvalue weighted by molar-refractivity contribution is 0.0622. The Morgan fingerprint density at radius 2 is 1.83 bits per heavy atom. The molecule has 0 aromatic heterocycles. The average molecular weight is 288 g/mol. The molecule has 0 aliphatic heterocycles. The van der Waals surface area contributed by atoms with E-state index < -0.39 is 0 Å². The topological polar surface area (TPSA) is 20.3 Å². The Labute approximate surface area is 119 Å². The second-order valence-corrected chi connectivity index (χ2v) is 5.51. The van der Waals surface area contributed by atoms with E-state index in [1.54, 1.807) is 18.2 Å². The van der Waals surface area contributed by atoms with Gasteiger partial charge in [0.2, 0.25) is 0 Å². The Balaban J connectivity index is 3.06. The van der Waals surface area contributed by atoms with Crippen LogP contribution in [0.1, 0.15) is 44.5 Å². The summed E-state index contributed by atoms with van der Waals surface area (Å²) in [6.45, 7) is 8.15. The first-order valence-electron chi connectivity index (χ1n) is 6.16. The van der Waals surface area contributed by atoms with Crippen molar-refractivity contribution in [3.05, 3.63) is 33.8 Å². The lowest BCUT2D eigenvalue weighted by atomic mass is 10.1. The number of nitrogens with zero attached hydrogens (tertiary/aromatic N) is 1. The van der Waals surface area contributed by atoms with Gasteiger partial charge in [0.15, 0.2) is 0 Å². The lowest BCUT2D eigenvalue weighted by Gasteiger charge is -2.32. The molecule has 1 amide bonds. The normalized spacial score (nSPS) is 12.6. The van der Waals surface area contributed by atoms with E-state index in [9.17, 15) is 4.79 Å². The molecular formula is C14H19Cl2NO. The van der Waals surface area contributed by atoms with Crippen molar-refractivity contribution in [3.8, 4) is 0 Å². The Morgan fingerprint density at radius 1 is 1.22 bits per heavy atom. The number of amides is 1. The van der Waals surface area contributed by atoms with E-state index in [4.69, 9.17) is 23.2 Å². The summed E-state index contributed by atoms with van der Waals surface area (Å²) in [6, 6.07) is 5.36. The number of carbonyl (C=O) groups is 1. The molecule has 0 aliphatic carbocycles. The van der Waals surface area contributed by atoms with Gasteiger partial charge in [0, 0.05) is 17.6 Å². The minimum Gasteiger partial charge on any atom is -0.334 e. The van der Waals surface area contributed by atoms with Crippen LogP contribution in [0.3, 0.4) is 0 Å². The van der Waals surface area contributed by atoms with Crippen molar-refractivity contribution in [3.63, 3.8) is 0 Å². The predicted molar refractivity (Wildman–Crippen MR) is 77.5 cm³/mol. The van der Waals surface area contributed by atoms with Gasteiger partial charge in [0.05, 0.1) is 10.0 Å². The van der Waals surface area contributed by atoms with E-state index in [1.165, 1.54) is 0 Å². The molecule has 1 atom stereocenters. The average Bonchev–Trinajstić information content (AvgIpc) is 2.32. The van der Waals surface area contributed by atoms with Crippen LogP contribution in [0.5, 0.6) is 0 Å². The molecule has 1 unspecified atom stereocenters. The molecule has 0 bridgehead atoms. The summed E-state index contributed by atoms with van der Waals surface area (Å²) in [6.07, 6.45) is 0.922. The smallest absolute Gasteiger partial charge is 0.254 e. The number of hydrogen-bond donors (Lipinski definition) is 0. The second kappa shape index (κ2) is 6.44. The quantitative estimate of drug-likeness (QED) is 0.790. The van der Waals surface area contributed by atoms with Crippen LogP contribution in [0.4, 0.5) is 0 Å². The van der Waals surface area contributed by atoms with Crippen molar-refractivity contribution in [2.75, 3.05) is 0 Å². The van der Waals surface area contributed by atoms with E-state index >= 15 is 0 Å². The van der Waals surface area contributed by atoms with Crippen LogP contribution in [-0.2, 0) is 0 Å². The molecule has 1 rings (SSSR count). The summed E-state index contributed by atoms with van der Waals surface area (Å²) in [7, 11) is 0. The summed E-state index contributed by atoms with van der Waals surface area (Å²) in [5, 5.41) is 0.878. The van der Waals surface area contributed by atoms with Crippen LogP contribution < -0.4 is 0 Å². The van der Waals surface area contributed by atoms with Gasteiger partial charge in [-0.05, 0) is 45.4 Å². The summed E-state index contributed by atoms with van der Waals surface area (Å²) < 4.78 is 0. The summed E-state index contributed by atoms with van der Waals surface area (Å²) in [4.78, 5) is 14.3. The Morgan fingerprint density at radius 3 is 2.28 bits per heavy atom. The maximum absolute atomic E-state index is 12.5. The van der Waals surface area contributed by atoms with Gasteiger partial charge in [0.25, 0.3) is 5.91 Å². The predicted octanol–water partition coefficient (Wildman–Crippen LogP) is 4.64. The first-order valence-corrected chi connectivity index (χ1v) is 6.91. The van der Waals surface area contributed by atoms with Crippen molar-refractivity contribution in [2.24, 2.45) is 0 Å². The van der Waals surface area contributed by atoms with Crippen LogP contribution >= 0.6 is 23.2 Å². The molecule has 0 heterocycles. The van der Waals surface area contributed by atoms with E-state index in [0.717, 1.165) is 6.42 Å². The van der Waals surface area contributed by atoms with Crippen molar-refractivity contribution in [1.82, 2.24) is 4.90 Å².